The van der Waals surface area contributed by atoms with Crippen molar-refractivity contribution in [3.63, 3.8) is 0 Å². The van der Waals surface area contributed by atoms with Crippen LogP contribution in [0.5, 0.6) is 0 Å². The topological polar surface area (TPSA) is 37.3 Å². The van der Waals surface area contributed by atoms with Crippen LogP contribution in [0.3, 0.4) is 0 Å². The average molecular weight is 280 g/mol. The van der Waals surface area contributed by atoms with Crippen LogP contribution in [0, 0.1) is 17.5 Å². The molecule has 1 unspecified atom stereocenters. The molecule has 1 N–H and O–H groups in total. The molecule has 2 nitrogen and oxygen atoms in total. The van der Waals surface area contributed by atoms with Crippen LogP contribution in [-0.4, -0.2) is 11.1 Å². The summed E-state index contributed by atoms with van der Waals surface area (Å²) in [5.41, 5.74) is 0.155. The van der Waals surface area contributed by atoms with Gasteiger partial charge in [0.15, 0.2) is 11.6 Å². The second kappa shape index (κ2) is 5.77. The van der Waals surface area contributed by atoms with Crippen molar-refractivity contribution >= 4 is 5.97 Å². The third-order valence-corrected chi connectivity index (χ3v) is 3.00. The van der Waals surface area contributed by atoms with E-state index in [1.54, 1.807) is 0 Å². The Morgan fingerprint density at radius 3 is 2.45 bits per heavy atom. The molecule has 0 aromatic heterocycles. The molecule has 0 radical (unpaired) electrons. The smallest absolute Gasteiger partial charge is 0.311 e. The molecule has 2 rings (SSSR count). The lowest BCUT2D eigenvalue weighted by molar-refractivity contribution is -0.138. The van der Waals surface area contributed by atoms with Crippen molar-refractivity contribution in [2.24, 2.45) is 0 Å². The Balaban J connectivity index is 2.36. The molecule has 1 atom stereocenters. The summed E-state index contributed by atoms with van der Waals surface area (Å²) in [5, 5.41) is 9.20. The average Bonchev–Trinajstić information content (AvgIpc) is 2.40. The van der Waals surface area contributed by atoms with Crippen molar-refractivity contribution in [3.8, 4) is 0 Å². The van der Waals surface area contributed by atoms with E-state index in [4.69, 9.17) is 0 Å². The van der Waals surface area contributed by atoms with Gasteiger partial charge in [-0.1, -0.05) is 24.3 Å². The van der Waals surface area contributed by atoms with Crippen LogP contribution in [0.4, 0.5) is 13.2 Å². The first-order valence-corrected chi connectivity index (χ1v) is 5.90. The minimum absolute atomic E-state index is 0.0540. The van der Waals surface area contributed by atoms with Gasteiger partial charge in [-0.25, -0.2) is 13.2 Å². The molecule has 5 heteroatoms. The van der Waals surface area contributed by atoms with Crippen molar-refractivity contribution < 1.29 is 23.1 Å². The molecule has 0 aliphatic rings. The quantitative estimate of drug-likeness (QED) is 0.930. The van der Waals surface area contributed by atoms with Crippen LogP contribution in [0.1, 0.15) is 17.0 Å². The number of hydrogen-bond donors (Lipinski definition) is 1. The zero-order valence-electron chi connectivity index (χ0n) is 10.3. The molecule has 104 valence electrons. The summed E-state index contributed by atoms with van der Waals surface area (Å²) < 4.78 is 39.8. The predicted octanol–water partition coefficient (Wildman–Crippen LogP) is 3.51. The minimum atomic E-state index is -1.22. The lowest BCUT2D eigenvalue weighted by atomic mass is 9.92. The van der Waals surface area contributed by atoms with E-state index in [-0.39, 0.29) is 17.5 Å². The molecule has 0 saturated carbocycles. The highest BCUT2D eigenvalue weighted by atomic mass is 19.2. The zero-order valence-corrected chi connectivity index (χ0v) is 10.3. The second-order valence-corrected chi connectivity index (χ2v) is 4.36. The number of carbonyl (C=O) groups is 1. The Labute approximate surface area is 113 Å². The standard InChI is InChI=1S/C15H11F3O2/c16-11-5-1-3-9(7-11)12(15(19)20)8-10-4-2-6-13(17)14(10)18/h1-7,12H,8H2,(H,19,20). The maximum absolute atomic E-state index is 13.6. The molecule has 0 aliphatic carbocycles. The maximum atomic E-state index is 13.6. The Morgan fingerprint density at radius 1 is 1.10 bits per heavy atom. The van der Waals surface area contributed by atoms with E-state index in [0.29, 0.717) is 0 Å². The Hall–Kier alpha value is -2.30. The molecule has 20 heavy (non-hydrogen) atoms. The van der Waals surface area contributed by atoms with Crippen molar-refractivity contribution in [2.75, 3.05) is 0 Å². The van der Waals surface area contributed by atoms with Crippen molar-refractivity contribution in [2.45, 2.75) is 12.3 Å². The second-order valence-electron chi connectivity index (χ2n) is 4.36. The lowest BCUT2D eigenvalue weighted by Crippen LogP contribution is -2.15. The fourth-order valence-electron chi connectivity index (χ4n) is 2.00. The molecule has 0 heterocycles. The van der Waals surface area contributed by atoms with Crippen molar-refractivity contribution in [1.82, 2.24) is 0 Å². The highest BCUT2D eigenvalue weighted by Crippen LogP contribution is 2.24. The highest BCUT2D eigenvalue weighted by molar-refractivity contribution is 5.76. The number of aliphatic carboxylic acids is 1. The Kier molecular flexibility index (Phi) is 4.08. The number of benzene rings is 2. The third-order valence-electron chi connectivity index (χ3n) is 3.00. The van der Waals surface area contributed by atoms with Crippen LogP contribution >= 0.6 is 0 Å². The van der Waals surface area contributed by atoms with E-state index in [0.717, 1.165) is 12.1 Å². The highest BCUT2D eigenvalue weighted by Gasteiger charge is 2.23. The number of rotatable bonds is 4. The van der Waals surface area contributed by atoms with Gasteiger partial charge in [-0.15, -0.1) is 0 Å². The van der Waals surface area contributed by atoms with Crippen molar-refractivity contribution in [3.05, 3.63) is 71.0 Å². The summed E-state index contributed by atoms with van der Waals surface area (Å²) >= 11 is 0. The number of carboxylic acids is 1. The summed E-state index contributed by atoms with van der Waals surface area (Å²) in [5.74, 6) is -5.05. The van der Waals surface area contributed by atoms with Gasteiger partial charge in [0.2, 0.25) is 0 Å². The van der Waals surface area contributed by atoms with Gasteiger partial charge in [-0.05, 0) is 35.7 Å². The van der Waals surface area contributed by atoms with Gasteiger partial charge in [0.05, 0.1) is 5.92 Å². The van der Waals surface area contributed by atoms with Gasteiger partial charge < -0.3 is 5.11 Å². The van der Waals surface area contributed by atoms with E-state index >= 15 is 0 Å². The van der Waals surface area contributed by atoms with E-state index < -0.39 is 29.3 Å². The zero-order chi connectivity index (χ0) is 14.7. The largest absolute Gasteiger partial charge is 0.481 e. The van der Waals surface area contributed by atoms with Gasteiger partial charge in [0, 0.05) is 0 Å². The summed E-state index contributed by atoms with van der Waals surface area (Å²) in [6.07, 6.45) is -0.248. The Bertz CT molecular complexity index is 641. The fraction of sp³-hybridized carbons (Fsp3) is 0.133. The van der Waals surface area contributed by atoms with E-state index in [2.05, 4.69) is 0 Å². The van der Waals surface area contributed by atoms with Crippen molar-refractivity contribution in [1.29, 1.82) is 0 Å². The third kappa shape index (κ3) is 2.99. The van der Waals surface area contributed by atoms with Crippen LogP contribution in [0.2, 0.25) is 0 Å². The molecule has 2 aromatic rings. The monoisotopic (exact) mass is 280 g/mol. The van der Waals surface area contributed by atoms with Gasteiger partial charge in [-0.3, -0.25) is 4.79 Å². The molecule has 0 spiro atoms. The summed E-state index contributed by atoms with van der Waals surface area (Å²) in [7, 11) is 0. The predicted molar refractivity (Wildman–Crippen MR) is 66.8 cm³/mol. The SMILES string of the molecule is O=C(O)C(Cc1cccc(F)c1F)c1cccc(F)c1. The molecule has 0 amide bonds. The summed E-state index contributed by atoms with van der Waals surface area (Å²) in [6.45, 7) is 0. The van der Waals surface area contributed by atoms with Gasteiger partial charge >= 0.3 is 5.97 Å². The molecular formula is C15H11F3O2. The van der Waals surface area contributed by atoms with Gasteiger partial charge in [0.25, 0.3) is 0 Å². The summed E-state index contributed by atoms with van der Waals surface area (Å²) in [6, 6.07) is 8.66. The number of halogens is 3. The molecular weight excluding hydrogens is 269 g/mol. The van der Waals surface area contributed by atoms with Crippen LogP contribution < -0.4 is 0 Å². The molecule has 0 bridgehead atoms. The van der Waals surface area contributed by atoms with E-state index in [1.807, 2.05) is 0 Å². The first-order chi connectivity index (χ1) is 9.49. The van der Waals surface area contributed by atoms with Crippen LogP contribution in [0.15, 0.2) is 42.5 Å². The molecule has 0 fully saturated rings. The van der Waals surface area contributed by atoms with Crippen LogP contribution in [0.25, 0.3) is 0 Å². The minimum Gasteiger partial charge on any atom is -0.481 e. The van der Waals surface area contributed by atoms with Crippen LogP contribution in [-0.2, 0) is 11.2 Å². The molecule has 0 aliphatic heterocycles. The number of carboxylic acid groups (broad SMARTS) is 1. The van der Waals surface area contributed by atoms with E-state index in [1.165, 1.54) is 30.3 Å². The summed E-state index contributed by atoms with van der Waals surface area (Å²) in [4.78, 5) is 11.3. The normalized spacial score (nSPS) is 12.2. The van der Waals surface area contributed by atoms with Gasteiger partial charge in [-0.2, -0.15) is 0 Å². The Morgan fingerprint density at radius 2 is 1.80 bits per heavy atom. The maximum Gasteiger partial charge on any atom is 0.311 e. The van der Waals surface area contributed by atoms with Gasteiger partial charge in [0.1, 0.15) is 5.82 Å². The molecule has 2 aromatic carbocycles. The number of hydrogen-bond acceptors (Lipinski definition) is 1. The first-order valence-electron chi connectivity index (χ1n) is 5.90. The lowest BCUT2D eigenvalue weighted by Gasteiger charge is -2.13. The fourth-order valence-corrected chi connectivity index (χ4v) is 2.00. The van der Waals surface area contributed by atoms with E-state index in [9.17, 15) is 23.1 Å². The molecule has 0 saturated heterocycles. The first kappa shape index (κ1) is 14.1.